The van der Waals surface area contributed by atoms with Gasteiger partial charge in [0.05, 0.1) is 17.6 Å². The number of carbonyl (C=O) groups is 2. The van der Waals surface area contributed by atoms with Crippen molar-refractivity contribution in [3.63, 3.8) is 0 Å². The maximum Gasteiger partial charge on any atom is 0.261 e. The van der Waals surface area contributed by atoms with Gasteiger partial charge in [-0.1, -0.05) is 22.0 Å². The molecule has 5 nitrogen and oxygen atoms in total. The molecule has 2 aromatic rings. The molecule has 0 atom stereocenters. The van der Waals surface area contributed by atoms with E-state index in [0.29, 0.717) is 35.7 Å². The molecule has 0 aliphatic carbocycles. The number of carbonyl (C=O) groups excluding carboxylic acids is 2. The molecule has 0 fully saturated rings. The van der Waals surface area contributed by atoms with Crippen molar-refractivity contribution in [2.24, 2.45) is 0 Å². The lowest BCUT2D eigenvalue weighted by molar-refractivity contribution is 0.0950. The van der Waals surface area contributed by atoms with Gasteiger partial charge in [0, 0.05) is 17.6 Å². The van der Waals surface area contributed by atoms with E-state index < -0.39 is 0 Å². The van der Waals surface area contributed by atoms with Gasteiger partial charge in [-0.3, -0.25) is 9.59 Å². The Bertz CT molecular complexity index is 674. The third-order valence-corrected chi connectivity index (χ3v) is 4.44. The summed E-state index contributed by atoms with van der Waals surface area (Å²) in [6, 6.07) is 8.88. The van der Waals surface area contributed by atoms with Crippen LogP contribution in [0.3, 0.4) is 0 Å². The Morgan fingerprint density at radius 2 is 1.91 bits per heavy atom. The normalized spacial score (nSPS) is 10.2. The molecule has 0 aliphatic rings. The van der Waals surface area contributed by atoms with Crippen LogP contribution in [0.25, 0.3) is 0 Å². The molecular formula is C16H17BrN2O3S. The van der Waals surface area contributed by atoms with Crippen molar-refractivity contribution >= 4 is 39.1 Å². The topological polar surface area (TPSA) is 67.4 Å². The molecule has 7 heteroatoms. The molecule has 0 unspecified atom stereocenters. The van der Waals surface area contributed by atoms with Gasteiger partial charge in [0.1, 0.15) is 5.75 Å². The van der Waals surface area contributed by atoms with Crippen LogP contribution in [0, 0.1) is 0 Å². The first kappa shape index (κ1) is 17.5. The van der Waals surface area contributed by atoms with Crippen molar-refractivity contribution in [3.8, 4) is 5.75 Å². The summed E-state index contributed by atoms with van der Waals surface area (Å²) in [5.41, 5.74) is 0.476. The van der Waals surface area contributed by atoms with E-state index in [2.05, 4.69) is 26.6 Å². The van der Waals surface area contributed by atoms with Gasteiger partial charge in [0.25, 0.3) is 11.8 Å². The molecule has 0 aliphatic heterocycles. The van der Waals surface area contributed by atoms with E-state index in [1.807, 2.05) is 17.5 Å². The lowest BCUT2D eigenvalue weighted by Gasteiger charge is -2.10. The molecule has 0 saturated heterocycles. The molecule has 122 valence electrons. The lowest BCUT2D eigenvalue weighted by Crippen LogP contribution is -2.29. The van der Waals surface area contributed by atoms with Crippen LogP contribution >= 0.6 is 27.3 Å². The fourth-order valence-electron chi connectivity index (χ4n) is 1.94. The number of ether oxygens (including phenoxy) is 1. The van der Waals surface area contributed by atoms with E-state index in [0.717, 1.165) is 4.47 Å². The fraction of sp³-hybridized carbons (Fsp3) is 0.250. The molecule has 1 aromatic heterocycles. The number of rotatable bonds is 7. The molecule has 0 radical (unpaired) electrons. The van der Waals surface area contributed by atoms with Crippen LogP contribution < -0.4 is 15.4 Å². The summed E-state index contributed by atoms with van der Waals surface area (Å²) in [5.74, 6) is 0.240. The number of hydrogen-bond donors (Lipinski definition) is 2. The van der Waals surface area contributed by atoms with Gasteiger partial charge < -0.3 is 15.4 Å². The summed E-state index contributed by atoms with van der Waals surface area (Å²) in [4.78, 5) is 24.6. The molecule has 2 rings (SSSR count). The molecule has 23 heavy (non-hydrogen) atoms. The smallest absolute Gasteiger partial charge is 0.261 e. The number of benzene rings is 1. The van der Waals surface area contributed by atoms with E-state index in [1.54, 1.807) is 18.2 Å². The van der Waals surface area contributed by atoms with Crippen LogP contribution in [-0.2, 0) is 0 Å². The fourth-order valence-corrected chi connectivity index (χ4v) is 2.94. The predicted molar refractivity (Wildman–Crippen MR) is 94.3 cm³/mol. The van der Waals surface area contributed by atoms with Crippen molar-refractivity contribution in [1.82, 2.24) is 10.6 Å². The average molecular weight is 397 g/mol. The van der Waals surface area contributed by atoms with E-state index in [9.17, 15) is 9.59 Å². The van der Waals surface area contributed by atoms with Crippen LogP contribution in [0.1, 0.15) is 26.5 Å². The van der Waals surface area contributed by atoms with Crippen LogP contribution in [0.15, 0.2) is 40.2 Å². The Morgan fingerprint density at radius 3 is 2.57 bits per heavy atom. The van der Waals surface area contributed by atoms with E-state index >= 15 is 0 Å². The second kappa shape index (κ2) is 8.69. The number of thiophene rings is 1. The van der Waals surface area contributed by atoms with Gasteiger partial charge in [-0.05, 0) is 36.1 Å². The van der Waals surface area contributed by atoms with Gasteiger partial charge in [-0.25, -0.2) is 0 Å². The minimum atomic E-state index is -0.201. The summed E-state index contributed by atoms with van der Waals surface area (Å²) in [7, 11) is 1.53. The third-order valence-electron chi connectivity index (χ3n) is 3.08. The quantitative estimate of drug-likeness (QED) is 0.706. The molecule has 0 saturated carbocycles. The summed E-state index contributed by atoms with van der Waals surface area (Å²) in [5, 5.41) is 7.50. The molecular weight excluding hydrogens is 380 g/mol. The van der Waals surface area contributed by atoms with Crippen molar-refractivity contribution in [1.29, 1.82) is 0 Å². The maximum atomic E-state index is 12.2. The Balaban J connectivity index is 1.75. The van der Waals surface area contributed by atoms with Gasteiger partial charge in [0.15, 0.2) is 0 Å². The number of hydrogen-bond acceptors (Lipinski definition) is 4. The first-order chi connectivity index (χ1) is 11.1. The number of halogens is 1. The van der Waals surface area contributed by atoms with Crippen molar-refractivity contribution in [2.45, 2.75) is 6.42 Å². The van der Waals surface area contributed by atoms with E-state index in [-0.39, 0.29) is 11.8 Å². The van der Waals surface area contributed by atoms with Crippen LogP contribution in [0.4, 0.5) is 0 Å². The zero-order valence-electron chi connectivity index (χ0n) is 12.6. The number of amides is 2. The largest absolute Gasteiger partial charge is 0.496 e. The van der Waals surface area contributed by atoms with Crippen molar-refractivity contribution in [2.75, 3.05) is 20.2 Å². The number of nitrogens with one attached hydrogen (secondary N) is 2. The van der Waals surface area contributed by atoms with E-state index in [4.69, 9.17) is 4.74 Å². The Morgan fingerprint density at radius 1 is 1.17 bits per heavy atom. The van der Waals surface area contributed by atoms with Crippen LogP contribution in [-0.4, -0.2) is 32.0 Å². The number of methoxy groups -OCH3 is 1. The minimum Gasteiger partial charge on any atom is -0.496 e. The summed E-state index contributed by atoms with van der Waals surface area (Å²) in [6.45, 7) is 0.978. The SMILES string of the molecule is COc1ccc(Br)cc1C(=O)NCCCNC(=O)c1cccs1. The second-order valence-corrected chi connectivity index (χ2v) is 6.55. The third kappa shape index (κ3) is 5.07. The molecule has 1 heterocycles. The highest BCUT2D eigenvalue weighted by atomic mass is 79.9. The van der Waals surface area contributed by atoms with Crippen LogP contribution in [0.5, 0.6) is 5.75 Å². The monoisotopic (exact) mass is 396 g/mol. The zero-order chi connectivity index (χ0) is 16.7. The highest BCUT2D eigenvalue weighted by molar-refractivity contribution is 9.10. The maximum absolute atomic E-state index is 12.2. The minimum absolute atomic E-state index is 0.0833. The lowest BCUT2D eigenvalue weighted by atomic mass is 10.2. The standard InChI is InChI=1S/C16H17BrN2O3S/c1-22-13-6-5-11(17)10-12(13)15(20)18-7-3-8-19-16(21)14-4-2-9-23-14/h2,4-6,9-10H,3,7-8H2,1H3,(H,18,20)(H,19,21). The molecule has 0 bridgehead atoms. The Kier molecular flexibility index (Phi) is 6.61. The van der Waals surface area contributed by atoms with Gasteiger partial charge in [-0.15, -0.1) is 11.3 Å². The Hall–Kier alpha value is -1.86. The average Bonchev–Trinajstić information content (AvgIpc) is 3.08. The molecule has 2 N–H and O–H groups in total. The first-order valence-corrected chi connectivity index (χ1v) is 8.72. The highest BCUT2D eigenvalue weighted by Crippen LogP contribution is 2.22. The molecule has 0 spiro atoms. The molecule has 1 aromatic carbocycles. The van der Waals surface area contributed by atoms with Crippen molar-refractivity contribution in [3.05, 3.63) is 50.6 Å². The van der Waals surface area contributed by atoms with E-state index in [1.165, 1.54) is 18.4 Å². The van der Waals surface area contributed by atoms with Gasteiger partial charge in [0.2, 0.25) is 0 Å². The second-order valence-electron chi connectivity index (χ2n) is 4.69. The zero-order valence-corrected chi connectivity index (χ0v) is 15.0. The highest BCUT2D eigenvalue weighted by Gasteiger charge is 2.12. The Labute approximate surface area is 147 Å². The van der Waals surface area contributed by atoms with Crippen molar-refractivity contribution < 1.29 is 14.3 Å². The van der Waals surface area contributed by atoms with Gasteiger partial charge >= 0.3 is 0 Å². The predicted octanol–water partition coefficient (Wildman–Crippen LogP) is 3.07. The summed E-state index contributed by atoms with van der Waals surface area (Å²) < 4.78 is 6.00. The van der Waals surface area contributed by atoms with Crippen LogP contribution in [0.2, 0.25) is 0 Å². The van der Waals surface area contributed by atoms with Gasteiger partial charge in [-0.2, -0.15) is 0 Å². The molecule has 2 amide bonds. The summed E-state index contributed by atoms with van der Waals surface area (Å²) in [6.07, 6.45) is 0.652. The summed E-state index contributed by atoms with van der Waals surface area (Å²) >= 11 is 4.74. The first-order valence-electron chi connectivity index (χ1n) is 7.05.